The Morgan fingerprint density at radius 1 is 1.05 bits per heavy atom. The summed E-state index contributed by atoms with van der Waals surface area (Å²) in [6, 6.07) is 5.67. The molecule has 3 rings (SSSR count). The number of anilines is 1. The Kier molecular flexibility index (Phi) is 3.80. The second kappa shape index (κ2) is 5.60. The van der Waals surface area contributed by atoms with E-state index in [4.69, 9.17) is 0 Å². The largest absolute Gasteiger partial charge is 0.376 e. The van der Waals surface area contributed by atoms with Gasteiger partial charge in [-0.1, -0.05) is 12.1 Å². The van der Waals surface area contributed by atoms with Crippen LogP contribution in [0.15, 0.2) is 35.2 Å². The molecular weight excluding hydrogens is 302 g/mol. The lowest BCUT2D eigenvalue weighted by molar-refractivity contribution is 0.495. The van der Waals surface area contributed by atoms with Crippen molar-refractivity contribution in [2.75, 3.05) is 11.1 Å². The summed E-state index contributed by atoms with van der Waals surface area (Å²) in [6.45, 7) is 0. The summed E-state index contributed by atoms with van der Waals surface area (Å²) in [5.41, 5.74) is 0.426. The summed E-state index contributed by atoms with van der Waals surface area (Å²) < 4.78 is 53.9. The van der Waals surface area contributed by atoms with Gasteiger partial charge in [0.25, 0.3) is 0 Å². The highest BCUT2D eigenvalue weighted by atomic mass is 32.2. The van der Waals surface area contributed by atoms with Gasteiger partial charge in [0, 0.05) is 22.8 Å². The highest BCUT2D eigenvalue weighted by Crippen LogP contribution is 2.39. The van der Waals surface area contributed by atoms with Gasteiger partial charge in [0.2, 0.25) is 0 Å². The van der Waals surface area contributed by atoms with E-state index in [0.717, 1.165) is 6.07 Å². The zero-order valence-corrected chi connectivity index (χ0v) is 11.6. The Balaban J connectivity index is 1.96. The molecule has 0 bridgehead atoms. The first-order chi connectivity index (χ1) is 10.1. The van der Waals surface area contributed by atoms with Gasteiger partial charge in [-0.2, -0.15) is 0 Å². The van der Waals surface area contributed by atoms with Crippen LogP contribution in [0.25, 0.3) is 0 Å². The summed E-state index contributed by atoms with van der Waals surface area (Å²) in [4.78, 5) is 0.499. The zero-order chi connectivity index (χ0) is 15.0. The van der Waals surface area contributed by atoms with Crippen LogP contribution in [0.5, 0.6) is 0 Å². The van der Waals surface area contributed by atoms with E-state index >= 15 is 0 Å². The number of thioether (sulfide) groups is 1. The van der Waals surface area contributed by atoms with Gasteiger partial charge in [-0.05, 0) is 18.1 Å². The molecule has 1 aliphatic rings. The highest BCUT2D eigenvalue weighted by molar-refractivity contribution is 7.99. The van der Waals surface area contributed by atoms with Crippen LogP contribution in [-0.4, -0.2) is 5.75 Å². The van der Waals surface area contributed by atoms with Crippen molar-refractivity contribution < 1.29 is 17.6 Å². The summed E-state index contributed by atoms with van der Waals surface area (Å²) in [7, 11) is 0. The van der Waals surface area contributed by atoms with Crippen molar-refractivity contribution in [3.63, 3.8) is 0 Å². The standard InChI is InChI=1S/C15H11F4NS/c16-8-6-11(18)14(19)13(7-8)20-12-4-5-21-15-9(12)2-1-3-10(15)17/h1-3,6-7,12,20H,4-5H2. The molecule has 0 saturated heterocycles. The number of halogens is 4. The molecule has 0 radical (unpaired) electrons. The van der Waals surface area contributed by atoms with Crippen LogP contribution in [0.4, 0.5) is 23.2 Å². The summed E-state index contributed by atoms with van der Waals surface area (Å²) in [5, 5.41) is 2.78. The number of hydrogen-bond acceptors (Lipinski definition) is 2. The first-order valence-corrected chi connectivity index (χ1v) is 7.37. The molecule has 0 aromatic heterocycles. The molecule has 1 heterocycles. The van der Waals surface area contributed by atoms with Gasteiger partial charge >= 0.3 is 0 Å². The van der Waals surface area contributed by atoms with Crippen LogP contribution in [0.2, 0.25) is 0 Å². The van der Waals surface area contributed by atoms with Crippen molar-refractivity contribution in [1.82, 2.24) is 0 Å². The normalized spacial score (nSPS) is 17.4. The molecule has 0 fully saturated rings. The Hall–Kier alpha value is -1.69. The maximum atomic E-state index is 13.7. The van der Waals surface area contributed by atoms with Crippen LogP contribution >= 0.6 is 11.8 Å². The van der Waals surface area contributed by atoms with Crippen LogP contribution in [0.3, 0.4) is 0 Å². The van der Waals surface area contributed by atoms with Gasteiger partial charge < -0.3 is 5.32 Å². The lowest BCUT2D eigenvalue weighted by Crippen LogP contribution is -2.18. The third-order valence-electron chi connectivity index (χ3n) is 3.35. The molecule has 1 atom stereocenters. The predicted octanol–water partition coefficient (Wildman–Crippen LogP) is 4.89. The number of hydrogen-bond donors (Lipinski definition) is 1. The minimum Gasteiger partial charge on any atom is -0.376 e. The van der Waals surface area contributed by atoms with Crippen LogP contribution < -0.4 is 5.32 Å². The molecule has 1 nitrogen and oxygen atoms in total. The molecule has 1 N–H and O–H groups in total. The average Bonchev–Trinajstić information content (AvgIpc) is 2.45. The Morgan fingerprint density at radius 3 is 2.67 bits per heavy atom. The van der Waals surface area contributed by atoms with E-state index in [1.807, 2.05) is 0 Å². The third kappa shape index (κ3) is 2.72. The maximum absolute atomic E-state index is 13.7. The molecule has 0 saturated carbocycles. The first-order valence-electron chi connectivity index (χ1n) is 6.38. The van der Waals surface area contributed by atoms with Gasteiger partial charge in [0.05, 0.1) is 11.7 Å². The monoisotopic (exact) mass is 313 g/mol. The molecular formula is C15H11F4NS. The molecule has 0 spiro atoms. The second-order valence-electron chi connectivity index (χ2n) is 4.74. The van der Waals surface area contributed by atoms with Crippen molar-refractivity contribution in [2.24, 2.45) is 0 Å². The predicted molar refractivity (Wildman–Crippen MR) is 74.4 cm³/mol. The highest BCUT2D eigenvalue weighted by Gasteiger charge is 2.24. The topological polar surface area (TPSA) is 12.0 Å². The molecule has 2 aromatic carbocycles. The van der Waals surface area contributed by atoms with E-state index < -0.39 is 17.5 Å². The Morgan fingerprint density at radius 2 is 1.86 bits per heavy atom. The van der Waals surface area contributed by atoms with Crippen LogP contribution in [-0.2, 0) is 0 Å². The van der Waals surface area contributed by atoms with Crippen molar-refractivity contribution in [1.29, 1.82) is 0 Å². The summed E-state index contributed by atoms with van der Waals surface area (Å²) >= 11 is 1.38. The Labute approximate surface area is 123 Å². The van der Waals surface area contributed by atoms with Gasteiger partial charge in [-0.25, -0.2) is 17.6 Å². The quantitative estimate of drug-likeness (QED) is 0.625. The number of nitrogens with one attached hydrogen (secondary N) is 1. The zero-order valence-electron chi connectivity index (χ0n) is 10.8. The molecule has 0 amide bonds. The Bertz CT molecular complexity index is 690. The fourth-order valence-corrected chi connectivity index (χ4v) is 3.53. The van der Waals surface area contributed by atoms with E-state index in [-0.39, 0.29) is 17.5 Å². The SMILES string of the molecule is Fc1cc(F)c(F)c(NC2CCSc3c(F)cccc32)c1. The van der Waals surface area contributed by atoms with Crippen molar-refractivity contribution in [3.05, 3.63) is 59.2 Å². The van der Waals surface area contributed by atoms with E-state index in [2.05, 4.69) is 5.32 Å². The van der Waals surface area contributed by atoms with Gasteiger partial charge in [0.1, 0.15) is 11.6 Å². The smallest absolute Gasteiger partial charge is 0.182 e. The van der Waals surface area contributed by atoms with E-state index in [1.54, 1.807) is 12.1 Å². The minimum atomic E-state index is -1.25. The molecule has 0 aliphatic carbocycles. The van der Waals surface area contributed by atoms with Gasteiger partial charge in [-0.3, -0.25) is 0 Å². The molecule has 2 aromatic rings. The average molecular weight is 313 g/mol. The summed E-state index contributed by atoms with van der Waals surface area (Å²) in [6.07, 6.45) is 0.610. The number of fused-ring (bicyclic) bond motifs is 1. The second-order valence-corrected chi connectivity index (χ2v) is 5.85. The van der Waals surface area contributed by atoms with Crippen molar-refractivity contribution >= 4 is 17.4 Å². The lowest BCUT2D eigenvalue weighted by Gasteiger charge is -2.27. The van der Waals surface area contributed by atoms with Crippen LogP contribution in [0, 0.1) is 23.3 Å². The van der Waals surface area contributed by atoms with E-state index in [0.29, 0.717) is 28.7 Å². The molecule has 1 aliphatic heterocycles. The molecule has 6 heteroatoms. The molecule has 21 heavy (non-hydrogen) atoms. The first kappa shape index (κ1) is 14.3. The lowest BCUT2D eigenvalue weighted by atomic mass is 10.0. The van der Waals surface area contributed by atoms with Crippen molar-refractivity contribution in [2.45, 2.75) is 17.4 Å². The van der Waals surface area contributed by atoms with Crippen molar-refractivity contribution in [3.8, 4) is 0 Å². The van der Waals surface area contributed by atoms with Gasteiger partial charge in [-0.15, -0.1) is 11.8 Å². The van der Waals surface area contributed by atoms with Gasteiger partial charge in [0.15, 0.2) is 11.6 Å². The minimum absolute atomic E-state index is 0.250. The summed E-state index contributed by atoms with van der Waals surface area (Å²) in [5.74, 6) is -2.93. The fourth-order valence-electron chi connectivity index (χ4n) is 2.39. The maximum Gasteiger partial charge on any atom is 0.182 e. The molecule has 110 valence electrons. The van der Waals surface area contributed by atoms with Crippen LogP contribution in [0.1, 0.15) is 18.0 Å². The number of benzene rings is 2. The molecule has 1 unspecified atom stereocenters. The van der Waals surface area contributed by atoms with E-state index in [9.17, 15) is 17.6 Å². The number of rotatable bonds is 2. The van der Waals surface area contributed by atoms with E-state index in [1.165, 1.54) is 17.8 Å². The fraction of sp³-hybridized carbons (Fsp3) is 0.200. The third-order valence-corrected chi connectivity index (χ3v) is 4.51.